The van der Waals surface area contributed by atoms with Crippen molar-refractivity contribution in [1.29, 1.82) is 0 Å². The highest BCUT2D eigenvalue weighted by molar-refractivity contribution is 7.48. The van der Waals surface area contributed by atoms with Gasteiger partial charge in [-0.3, -0.25) is 23.7 Å². The number of rotatable bonds is 16. The van der Waals surface area contributed by atoms with Gasteiger partial charge in [0.1, 0.15) is 18.3 Å². The smallest absolute Gasteiger partial charge is 0.455 e. The van der Waals surface area contributed by atoms with Gasteiger partial charge >= 0.3 is 31.8 Å². The number of halogens is 1. The Kier molecular flexibility index (Phi) is 13.8. The number of phosphoric acid groups is 1. The van der Waals surface area contributed by atoms with Crippen molar-refractivity contribution in [1.82, 2.24) is 9.55 Å². The van der Waals surface area contributed by atoms with E-state index in [1.165, 1.54) is 27.7 Å². The van der Waals surface area contributed by atoms with E-state index >= 15 is 0 Å². The molecule has 5 N–H and O–H groups in total. The molecule has 2 unspecified atom stereocenters. The molecule has 46 heavy (non-hydrogen) atoms. The van der Waals surface area contributed by atoms with E-state index in [9.17, 15) is 43.1 Å². The van der Waals surface area contributed by atoms with Crippen LogP contribution in [0.4, 0.5) is 14.0 Å². The summed E-state index contributed by atoms with van der Waals surface area (Å²) in [4.78, 5) is 62.1. The maximum absolute atomic E-state index is 15.0. The van der Waals surface area contributed by atoms with Crippen LogP contribution in [0.5, 0.6) is 0 Å². The molecule has 20 nitrogen and oxygen atoms in total. The number of carbonyl (C=O) groups excluding carboxylic acids is 3. The average Bonchev–Trinajstić information content (AvgIpc) is 3.17. The number of alkyl halides is 1. The summed E-state index contributed by atoms with van der Waals surface area (Å²) in [5, 5.41) is 20.7. The Morgan fingerprint density at radius 2 is 1.63 bits per heavy atom. The van der Waals surface area contributed by atoms with Crippen LogP contribution in [0.25, 0.3) is 0 Å². The average molecular weight is 690 g/mol. The van der Waals surface area contributed by atoms with E-state index in [1.54, 1.807) is 0 Å². The third-order valence-electron chi connectivity index (χ3n) is 5.82. The molecule has 1 aromatic heterocycles. The van der Waals surface area contributed by atoms with Gasteiger partial charge in [0.25, 0.3) is 5.56 Å². The van der Waals surface area contributed by atoms with Gasteiger partial charge in [-0.15, -0.1) is 0 Å². The quantitative estimate of drug-likeness (QED) is 0.0766. The lowest BCUT2D eigenvalue weighted by Crippen LogP contribution is -2.57. The molecule has 1 aliphatic heterocycles. The zero-order valence-corrected chi connectivity index (χ0v) is 26.3. The zero-order chi connectivity index (χ0) is 34.9. The number of aromatic nitrogens is 2. The van der Waals surface area contributed by atoms with E-state index in [1.807, 2.05) is 4.98 Å². The van der Waals surface area contributed by atoms with E-state index in [-0.39, 0.29) is 0 Å². The van der Waals surface area contributed by atoms with Crippen LogP contribution in [-0.4, -0.2) is 107 Å². The summed E-state index contributed by atoms with van der Waals surface area (Å²) in [5.41, 5.74) is -1.59. The minimum Gasteiger partial charge on any atom is -0.455 e. The van der Waals surface area contributed by atoms with Gasteiger partial charge in [0.2, 0.25) is 13.6 Å². The number of nitrogens with zero attached hydrogens (tertiary/aromatic N) is 1. The molecule has 1 fully saturated rings. The lowest BCUT2D eigenvalue weighted by Gasteiger charge is -2.35. The van der Waals surface area contributed by atoms with Crippen molar-refractivity contribution in [3.8, 4) is 0 Å². The topological polar surface area (TPSA) is 273 Å². The minimum atomic E-state index is -5.06. The molecule has 1 aliphatic rings. The van der Waals surface area contributed by atoms with Crippen molar-refractivity contribution >= 4 is 26.1 Å². The Bertz CT molecular complexity index is 1340. The number of aliphatic hydroxyl groups is 2. The van der Waals surface area contributed by atoms with Gasteiger partial charge < -0.3 is 44.4 Å². The SMILES string of the molecule is CC(C)OC(=O)OCOP(=O)(OCOC(=O)OC(C)C)OC[C@@]1(CF)OC(n2ccc(=O)[nH]c2=O)[C@](C)(O)[C@@H]1OC(=O)C(N)CO. The molecule has 0 saturated carbocycles. The van der Waals surface area contributed by atoms with Crippen LogP contribution in [0.2, 0.25) is 0 Å². The molecule has 0 amide bonds. The summed E-state index contributed by atoms with van der Waals surface area (Å²) in [6, 6.07) is -0.799. The number of hydrogen-bond donors (Lipinski definition) is 4. The van der Waals surface area contributed by atoms with Crippen LogP contribution in [-0.2, 0) is 51.4 Å². The van der Waals surface area contributed by atoms with Crippen molar-refractivity contribution in [3.63, 3.8) is 0 Å². The first-order valence-corrected chi connectivity index (χ1v) is 14.9. The Morgan fingerprint density at radius 3 is 2.09 bits per heavy atom. The lowest BCUT2D eigenvalue weighted by molar-refractivity contribution is -0.177. The Morgan fingerprint density at radius 1 is 1.09 bits per heavy atom. The van der Waals surface area contributed by atoms with E-state index < -0.39 is 113 Å². The van der Waals surface area contributed by atoms with Gasteiger partial charge in [-0.25, -0.2) is 32.4 Å². The second kappa shape index (κ2) is 16.4. The number of nitrogens with one attached hydrogen (secondary N) is 1. The largest absolute Gasteiger partial charge is 0.510 e. The number of hydrogen-bond acceptors (Lipinski definition) is 18. The van der Waals surface area contributed by atoms with Crippen molar-refractivity contribution < 1.29 is 75.5 Å². The summed E-state index contributed by atoms with van der Waals surface area (Å²) in [7, 11) is -5.06. The summed E-state index contributed by atoms with van der Waals surface area (Å²) in [5.74, 6) is -1.35. The highest BCUT2D eigenvalue weighted by Crippen LogP contribution is 2.53. The molecule has 1 aromatic rings. The van der Waals surface area contributed by atoms with Crippen LogP contribution >= 0.6 is 7.82 Å². The second-order valence-electron chi connectivity index (χ2n) is 10.4. The molecule has 262 valence electrons. The molecule has 2 rings (SSSR count). The van der Waals surface area contributed by atoms with Gasteiger partial charge in [-0.1, -0.05) is 0 Å². The fourth-order valence-corrected chi connectivity index (χ4v) is 4.77. The van der Waals surface area contributed by atoms with Crippen LogP contribution in [0.1, 0.15) is 40.8 Å². The van der Waals surface area contributed by atoms with Gasteiger partial charge in [0.05, 0.1) is 25.4 Å². The molecule has 5 atom stereocenters. The second-order valence-corrected chi connectivity index (χ2v) is 12.0. The van der Waals surface area contributed by atoms with Crippen molar-refractivity contribution in [2.45, 2.75) is 76.4 Å². The first-order valence-electron chi connectivity index (χ1n) is 13.4. The highest BCUT2D eigenvalue weighted by atomic mass is 31.2. The Labute approximate surface area is 260 Å². The van der Waals surface area contributed by atoms with Crippen LogP contribution in [0.15, 0.2) is 21.9 Å². The van der Waals surface area contributed by atoms with Crippen molar-refractivity contribution in [3.05, 3.63) is 33.1 Å². The fraction of sp³-hybridized carbons (Fsp3) is 0.708. The number of phosphoric ester groups is 1. The lowest BCUT2D eigenvalue weighted by atomic mass is 9.88. The number of esters is 1. The molecule has 22 heteroatoms. The van der Waals surface area contributed by atoms with E-state index in [2.05, 4.69) is 9.47 Å². The third kappa shape index (κ3) is 10.3. The predicted molar refractivity (Wildman–Crippen MR) is 147 cm³/mol. The van der Waals surface area contributed by atoms with Crippen molar-refractivity contribution in [2.75, 3.05) is 33.5 Å². The zero-order valence-electron chi connectivity index (χ0n) is 25.4. The summed E-state index contributed by atoms with van der Waals surface area (Å²) >= 11 is 0. The highest BCUT2D eigenvalue weighted by Gasteiger charge is 2.65. The maximum atomic E-state index is 15.0. The Balaban J connectivity index is 2.44. The fourth-order valence-electron chi connectivity index (χ4n) is 3.80. The predicted octanol–water partition coefficient (Wildman–Crippen LogP) is -0.0478. The molecule has 0 bridgehead atoms. The van der Waals surface area contributed by atoms with Gasteiger partial charge in [0.15, 0.2) is 17.9 Å². The van der Waals surface area contributed by atoms with E-state index in [4.69, 9.17) is 38.3 Å². The molecule has 0 aromatic carbocycles. The minimum absolute atomic E-state index is 0.606. The normalized spacial score (nSPS) is 23.6. The van der Waals surface area contributed by atoms with Gasteiger partial charge in [0, 0.05) is 12.3 Å². The first-order chi connectivity index (χ1) is 21.4. The molecule has 0 radical (unpaired) electrons. The number of carbonyl (C=O) groups is 3. The summed E-state index contributed by atoms with van der Waals surface area (Å²) in [6.07, 6.45) is -6.85. The number of nitrogens with two attached hydrogens (primary N) is 1. The standard InChI is InChI=1S/C24H37FN3O17P/c1-13(2)42-21(33)37-11-40-46(36,41-12-38-22(34)43-14(3)4)39-10-24(9-25)18(44-17(31)15(26)8-29)23(5,35)19(45-24)28-7-6-16(30)27-20(28)32/h6-7,13-15,18-19,29,35H,8-12,26H2,1-5H3,(H,27,30,32)/t15?,18-,19?,23+,24+/m0/s1. The first kappa shape index (κ1) is 38.8. The molecule has 0 aliphatic carbocycles. The van der Waals surface area contributed by atoms with Crippen molar-refractivity contribution in [2.24, 2.45) is 5.73 Å². The monoisotopic (exact) mass is 689 g/mol. The number of ether oxygens (including phenoxy) is 6. The summed E-state index contributed by atoms with van der Waals surface area (Å²) in [6.45, 7) is 0.851. The van der Waals surface area contributed by atoms with E-state index in [0.29, 0.717) is 4.57 Å². The van der Waals surface area contributed by atoms with Gasteiger partial charge in [-0.05, 0) is 34.6 Å². The van der Waals surface area contributed by atoms with Crippen LogP contribution < -0.4 is 17.0 Å². The number of H-pyrrole nitrogens is 1. The maximum Gasteiger partial charge on any atom is 0.510 e. The number of aliphatic hydroxyl groups excluding tert-OH is 1. The van der Waals surface area contributed by atoms with E-state index in [0.717, 1.165) is 19.2 Å². The third-order valence-corrected chi connectivity index (χ3v) is 7.11. The molecule has 2 heterocycles. The van der Waals surface area contributed by atoms with Crippen LogP contribution in [0.3, 0.4) is 0 Å². The Hall–Kier alpha value is -3.43. The molecular formula is C24H37FN3O17P. The van der Waals surface area contributed by atoms with Crippen LogP contribution in [0, 0.1) is 0 Å². The van der Waals surface area contributed by atoms with Gasteiger partial charge in [-0.2, -0.15) is 0 Å². The number of aromatic amines is 1. The summed E-state index contributed by atoms with van der Waals surface area (Å²) < 4.78 is 73.8. The molecule has 0 spiro atoms. The molecule has 1 saturated heterocycles. The molecular weight excluding hydrogens is 652 g/mol.